The molecule has 0 aliphatic carbocycles. The minimum absolute atomic E-state index is 0.0520. The summed E-state index contributed by atoms with van der Waals surface area (Å²) in [6.45, 7) is 7.79. The minimum Gasteiger partial charge on any atom is -0.340 e. The number of hydrogen-bond donors (Lipinski definition) is 1. The van der Waals surface area contributed by atoms with Crippen molar-refractivity contribution in [1.82, 2.24) is 15.2 Å². The van der Waals surface area contributed by atoms with Gasteiger partial charge >= 0.3 is 0 Å². The van der Waals surface area contributed by atoms with E-state index in [1.807, 2.05) is 32.0 Å². The quantitative estimate of drug-likeness (QED) is 0.919. The van der Waals surface area contributed by atoms with Crippen molar-refractivity contribution in [3.8, 4) is 0 Å². The van der Waals surface area contributed by atoms with Gasteiger partial charge in [-0.15, -0.1) is 0 Å². The van der Waals surface area contributed by atoms with Crippen molar-refractivity contribution in [3.05, 3.63) is 29.6 Å². The molecule has 1 fully saturated rings. The van der Waals surface area contributed by atoms with Gasteiger partial charge < -0.3 is 10.2 Å². The summed E-state index contributed by atoms with van der Waals surface area (Å²) in [5.41, 5.74) is 0.869. The van der Waals surface area contributed by atoms with Crippen molar-refractivity contribution >= 4 is 11.8 Å². The number of hydrogen-bond acceptors (Lipinski definition) is 3. The molecule has 1 atom stereocenters. The highest BCUT2D eigenvalue weighted by Gasteiger charge is 2.44. The Morgan fingerprint density at radius 3 is 2.67 bits per heavy atom. The van der Waals surface area contributed by atoms with Crippen molar-refractivity contribution in [2.45, 2.75) is 58.7 Å². The smallest absolute Gasteiger partial charge is 0.248 e. The van der Waals surface area contributed by atoms with Gasteiger partial charge in [0, 0.05) is 5.69 Å². The van der Waals surface area contributed by atoms with Crippen molar-refractivity contribution < 1.29 is 9.59 Å². The maximum Gasteiger partial charge on any atom is 0.248 e. The van der Waals surface area contributed by atoms with E-state index in [-0.39, 0.29) is 11.8 Å². The summed E-state index contributed by atoms with van der Waals surface area (Å²) in [4.78, 5) is 31.1. The fraction of sp³-hybridized carbons (Fsp3) is 0.562. The van der Waals surface area contributed by atoms with Gasteiger partial charge in [0.15, 0.2) is 0 Å². The van der Waals surface area contributed by atoms with Gasteiger partial charge in [0.05, 0.1) is 12.2 Å². The van der Waals surface area contributed by atoms with Crippen LogP contribution in [0.3, 0.4) is 0 Å². The lowest BCUT2D eigenvalue weighted by Gasteiger charge is -2.42. The maximum atomic E-state index is 12.7. The Labute approximate surface area is 125 Å². The van der Waals surface area contributed by atoms with Crippen LogP contribution in [0.1, 0.15) is 45.0 Å². The Morgan fingerprint density at radius 1 is 1.33 bits per heavy atom. The molecule has 1 unspecified atom stereocenters. The molecule has 0 radical (unpaired) electrons. The number of aromatic nitrogens is 1. The Balaban J connectivity index is 2.30. The van der Waals surface area contributed by atoms with E-state index in [4.69, 9.17) is 0 Å². The van der Waals surface area contributed by atoms with Crippen LogP contribution < -0.4 is 5.32 Å². The lowest BCUT2D eigenvalue weighted by Crippen LogP contribution is -2.67. The molecule has 2 heterocycles. The third-order valence-corrected chi connectivity index (χ3v) is 3.75. The van der Waals surface area contributed by atoms with Crippen molar-refractivity contribution in [3.63, 3.8) is 0 Å². The number of carbonyl (C=O) groups is 2. The summed E-state index contributed by atoms with van der Waals surface area (Å²) in [6, 6.07) is 5.33. The highest BCUT2D eigenvalue weighted by Crippen LogP contribution is 2.22. The molecular formula is C16H23N3O2. The predicted molar refractivity (Wildman–Crippen MR) is 80.4 cm³/mol. The number of amides is 2. The molecule has 1 aromatic heterocycles. The molecule has 1 aliphatic heterocycles. The number of piperazine rings is 1. The van der Waals surface area contributed by atoms with Crippen molar-refractivity contribution in [2.24, 2.45) is 0 Å². The zero-order valence-corrected chi connectivity index (χ0v) is 13.1. The molecule has 0 bridgehead atoms. The second kappa shape index (κ2) is 5.84. The summed E-state index contributed by atoms with van der Waals surface area (Å²) >= 11 is 0. The monoisotopic (exact) mass is 289 g/mol. The van der Waals surface area contributed by atoms with Crippen LogP contribution in [-0.4, -0.2) is 33.3 Å². The van der Waals surface area contributed by atoms with Gasteiger partial charge in [-0.2, -0.15) is 0 Å². The highest BCUT2D eigenvalue weighted by atomic mass is 16.2. The fourth-order valence-electron chi connectivity index (χ4n) is 2.69. The Morgan fingerprint density at radius 2 is 2.05 bits per heavy atom. The van der Waals surface area contributed by atoms with Crippen LogP contribution in [0.4, 0.5) is 0 Å². The van der Waals surface area contributed by atoms with Crippen LogP contribution >= 0.6 is 0 Å². The molecule has 0 spiro atoms. The lowest BCUT2D eigenvalue weighted by atomic mass is 9.94. The molecule has 2 rings (SSSR count). The van der Waals surface area contributed by atoms with Crippen LogP contribution in [-0.2, 0) is 16.1 Å². The van der Waals surface area contributed by atoms with Gasteiger partial charge in [-0.3, -0.25) is 14.6 Å². The number of rotatable bonds is 4. The maximum absolute atomic E-state index is 12.7. The predicted octanol–water partition coefficient (Wildman–Crippen LogP) is 1.80. The first-order valence-electron chi connectivity index (χ1n) is 7.41. The third-order valence-electron chi connectivity index (χ3n) is 3.75. The summed E-state index contributed by atoms with van der Waals surface area (Å²) < 4.78 is 0. The molecule has 0 aromatic carbocycles. The average molecular weight is 289 g/mol. The second-order valence-corrected chi connectivity index (χ2v) is 6.12. The number of nitrogens with one attached hydrogen (secondary N) is 1. The summed E-state index contributed by atoms with van der Waals surface area (Å²) in [5, 5.41) is 2.82. The molecule has 1 aliphatic rings. The summed E-state index contributed by atoms with van der Waals surface area (Å²) in [5.74, 6) is -0.127. The van der Waals surface area contributed by atoms with Gasteiger partial charge in [0.2, 0.25) is 11.8 Å². The first-order valence-corrected chi connectivity index (χ1v) is 7.41. The van der Waals surface area contributed by atoms with Crippen LogP contribution in [0.15, 0.2) is 18.2 Å². The normalized spacial score (nSPS) is 21.3. The van der Waals surface area contributed by atoms with Gasteiger partial charge in [-0.05, 0) is 39.3 Å². The SMILES string of the molecule is CCCC1C(=O)NC(C)(C)C(=O)N1Cc1cccc(C)n1. The van der Waals surface area contributed by atoms with E-state index in [1.165, 1.54) is 0 Å². The number of nitrogens with zero attached hydrogens (tertiary/aromatic N) is 2. The first kappa shape index (κ1) is 15.5. The molecule has 5 heteroatoms. The van der Waals surface area contributed by atoms with Crippen LogP contribution in [0.2, 0.25) is 0 Å². The largest absolute Gasteiger partial charge is 0.340 e. The van der Waals surface area contributed by atoms with E-state index in [1.54, 1.807) is 18.7 Å². The van der Waals surface area contributed by atoms with Gasteiger partial charge in [0.25, 0.3) is 0 Å². The van der Waals surface area contributed by atoms with Crippen molar-refractivity contribution in [2.75, 3.05) is 0 Å². The van der Waals surface area contributed by atoms with Gasteiger partial charge in [0.1, 0.15) is 11.6 Å². The second-order valence-electron chi connectivity index (χ2n) is 6.12. The summed E-state index contributed by atoms with van der Waals surface area (Å²) in [7, 11) is 0. The number of carbonyl (C=O) groups excluding carboxylic acids is 2. The molecule has 1 aromatic rings. The highest BCUT2D eigenvalue weighted by molar-refractivity contribution is 5.99. The lowest BCUT2D eigenvalue weighted by molar-refractivity contribution is -0.154. The number of aryl methyl sites for hydroxylation is 1. The van der Waals surface area contributed by atoms with Crippen LogP contribution in [0.25, 0.3) is 0 Å². The number of pyridine rings is 1. The van der Waals surface area contributed by atoms with Gasteiger partial charge in [-0.1, -0.05) is 19.4 Å². The molecule has 114 valence electrons. The van der Waals surface area contributed by atoms with Crippen LogP contribution in [0.5, 0.6) is 0 Å². The third kappa shape index (κ3) is 3.23. The topological polar surface area (TPSA) is 62.3 Å². The van der Waals surface area contributed by atoms with E-state index in [0.717, 1.165) is 17.8 Å². The van der Waals surface area contributed by atoms with E-state index in [0.29, 0.717) is 13.0 Å². The van der Waals surface area contributed by atoms with Crippen LogP contribution in [0, 0.1) is 6.92 Å². The molecule has 0 saturated carbocycles. The summed E-state index contributed by atoms with van der Waals surface area (Å²) in [6.07, 6.45) is 1.52. The Hall–Kier alpha value is -1.91. The van der Waals surface area contributed by atoms with E-state index < -0.39 is 11.6 Å². The fourth-order valence-corrected chi connectivity index (χ4v) is 2.69. The standard InChI is InChI=1S/C16H23N3O2/c1-5-7-13-14(20)18-16(3,4)15(21)19(13)10-12-9-6-8-11(2)17-12/h6,8-9,13H,5,7,10H2,1-4H3,(H,18,20). The molecule has 1 saturated heterocycles. The molecule has 5 nitrogen and oxygen atoms in total. The molecule has 2 amide bonds. The average Bonchev–Trinajstić information content (AvgIpc) is 2.40. The van der Waals surface area contributed by atoms with Gasteiger partial charge in [-0.25, -0.2) is 0 Å². The van der Waals surface area contributed by atoms with E-state index >= 15 is 0 Å². The molecule has 21 heavy (non-hydrogen) atoms. The Kier molecular flexibility index (Phi) is 4.30. The first-order chi connectivity index (χ1) is 9.85. The molecular weight excluding hydrogens is 266 g/mol. The van der Waals surface area contributed by atoms with Crippen molar-refractivity contribution in [1.29, 1.82) is 0 Å². The zero-order chi connectivity index (χ0) is 15.6. The van der Waals surface area contributed by atoms with E-state index in [2.05, 4.69) is 10.3 Å². The zero-order valence-electron chi connectivity index (χ0n) is 13.1. The molecule has 1 N–H and O–H groups in total. The Bertz CT molecular complexity index is 554. The minimum atomic E-state index is -0.856. The van der Waals surface area contributed by atoms with E-state index in [9.17, 15) is 9.59 Å².